The molecule has 0 saturated heterocycles. The predicted octanol–water partition coefficient (Wildman–Crippen LogP) is 8.30. The number of ether oxygens (including phenoxy) is 3. The number of esters is 1. The highest BCUT2D eigenvalue weighted by Gasteiger charge is 2.35. The van der Waals surface area contributed by atoms with E-state index in [0.29, 0.717) is 23.5 Å². The van der Waals surface area contributed by atoms with Crippen LogP contribution in [0.4, 0.5) is 5.69 Å². The second-order valence-corrected chi connectivity index (χ2v) is 13.9. The van der Waals surface area contributed by atoms with E-state index in [1.54, 1.807) is 0 Å². The van der Waals surface area contributed by atoms with Crippen LogP contribution in [-0.4, -0.2) is 53.0 Å². The first-order valence-corrected chi connectivity index (χ1v) is 17.0. The first-order valence-electron chi connectivity index (χ1n) is 17.0. The number of rotatable bonds is 3. The summed E-state index contributed by atoms with van der Waals surface area (Å²) in [4.78, 5) is 21.0. The lowest BCUT2D eigenvalue weighted by molar-refractivity contribution is -0.164. The highest BCUT2D eigenvalue weighted by Crippen LogP contribution is 2.43. The van der Waals surface area contributed by atoms with Crippen molar-refractivity contribution in [3.8, 4) is 39.4 Å². The molecule has 1 atom stereocenters. The fourth-order valence-electron chi connectivity index (χ4n) is 7.10. The van der Waals surface area contributed by atoms with Gasteiger partial charge in [-0.3, -0.25) is 0 Å². The monoisotopic (exact) mass is 644 g/mol. The van der Waals surface area contributed by atoms with Gasteiger partial charge in [0.1, 0.15) is 12.4 Å². The van der Waals surface area contributed by atoms with Crippen molar-refractivity contribution in [3.05, 3.63) is 89.1 Å². The summed E-state index contributed by atoms with van der Waals surface area (Å²) >= 11 is 0. The quantitative estimate of drug-likeness (QED) is 0.183. The third kappa shape index (κ3) is 6.05. The number of carbonyl (C=O) groups is 1. The van der Waals surface area contributed by atoms with Crippen LogP contribution in [0.5, 0.6) is 5.75 Å². The molecule has 0 saturated carbocycles. The number of methoxy groups -OCH3 is 1. The molecule has 6 bridgehead atoms. The first kappa shape index (κ1) is 31.9. The van der Waals surface area contributed by atoms with Gasteiger partial charge in [0.15, 0.2) is 11.8 Å². The summed E-state index contributed by atoms with van der Waals surface area (Å²) in [6.45, 7) is 12.2. The molecule has 2 aromatic heterocycles. The summed E-state index contributed by atoms with van der Waals surface area (Å²) in [5.74, 6) is 0.395. The van der Waals surface area contributed by atoms with Crippen LogP contribution in [0.25, 0.3) is 39.3 Å². The number of benzene rings is 3. The number of carbonyl (C=O) groups excluding carboxylic acids is 1. The van der Waals surface area contributed by atoms with Gasteiger partial charge in [0, 0.05) is 35.0 Å². The number of anilines is 1. The molecule has 8 nitrogen and oxygen atoms in total. The van der Waals surface area contributed by atoms with Crippen LogP contribution in [0.3, 0.4) is 0 Å². The summed E-state index contributed by atoms with van der Waals surface area (Å²) < 4.78 is 19.9. The summed E-state index contributed by atoms with van der Waals surface area (Å²) in [5.41, 5.74) is 10.7. The Morgan fingerprint density at radius 1 is 0.917 bits per heavy atom. The average Bonchev–Trinajstić information content (AvgIpc) is 3.49. The Balaban J connectivity index is 1.53. The van der Waals surface area contributed by atoms with Gasteiger partial charge in [-0.2, -0.15) is 5.10 Å². The van der Waals surface area contributed by atoms with E-state index in [2.05, 4.69) is 72.5 Å². The molecule has 3 aromatic carbocycles. The molecule has 0 fully saturated rings. The van der Waals surface area contributed by atoms with E-state index >= 15 is 0 Å². The Kier molecular flexibility index (Phi) is 8.46. The Bertz CT molecular complexity index is 2010. The molecule has 4 heterocycles. The van der Waals surface area contributed by atoms with Crippen molar-refractivity contribution < 1.29 is 19.0 Å². The standard InChI is InChI=1S/C40H44N4O4/c1-25-21-34-33-23-31(25)37-36(38(39(45)46-6)48-40(3,4)5)26(2)41-35-24-32(42-44(35)37)29-16-12-15-28(22-29)30-17-10-9-14-27(30)13-8-7-11-18-43(33)19-20-47-34/h9-10,12,14-17,21-24,38H,7-8,11,13,18-20H2,1-6H3/t38-/m0/s1. The molecule has 0 amide bonds. The summed E-state index contributed by atoms with van der Waals surface area (Å²) in [6.07, 6.45) is 3.35. The maximum atomic E-state index is 13.5. The molecule has 7 rings (SSSR count). The van der Waals surface area contributed by atoms with Crippen molar-refractivity contribution in [1.29, 1.82) is 0 Å². The van der Waals surface area contributed by atoms with Crippen LogP contribution in [-0.2, 0) is 20.7 Å². The number of hydrogen-bond acceptors (Lipinski definition) is 7. The number of aromatic nitrogens is 3. The van der Waals surface area contributed by atoms with Crippen LogP contribution in [0.2, 0.25) is 0 Å². The van der Waals surface area contributed by atoms with Gasteiger partial charge in [-0.15, -0.1) is 0 Å². The lowest BCUT2D eigenvalue weighted by atomic mass is 9.94. The van der Waals surface area contributed by atoms with Crippen LogP contribution >= 0.6 is 0 Å². The van der Waals surface area contributed by atoms with Crippen molar-refractivity contribution >= 4 is 17.3 Å². The van der Waals surface area contributed by atoms with Crippen molar-refractivity contribution in [3.63, 3.8) is 0 Å². The van der Waals surface area contributed by atoms with E-state index < -0.39 is 17.7 Å². The Hall–Kier alpha value is -4.69. The van der Waals surface area contributed by atoms with E-state index in [4.69, 9.17) is 24.3 Å². The molecule has 48 heavy (non-hydrogen) atoms. The summed E-state index contributed by atoms with van der Waals surface area (Å²) in [7, 11) is 1.40. The second kappa shape index (κ2) is 12.7. The van der Waals surface area contributed by atoms with Crippen molar-refractivity contribution in [1.82, 2.24) is 14.6 Å². The zero-order valence-electron chi connectivity index (χ0n) is 28.8. The Morgan fingerprint density at radius 3 is 2.54 bits per heavy atom. The third-order valence-electron chi connectivity index (χ3n) is 9.36. The SMILES string of the molecule is COC(=O)[C@@H](OC(C)(C)C)c1c(C)nc2cc3nn2c1-c1cc2c(cc1C)OCCN2CCCCCc1ccccc1-c1cccc-3c1. The fraction of sp³-hybridized carbons (Fsp3) is 0.375. The lowest BCUT2D eigenvalue weighted by Gasteiger charge is -2.33. The van der Waals surface area contributed by atoms with Gasteiger partial charge >= 0.3 is 5.97 Å². The van der Waals surface area contributed by atoms with Crippen LogP contribution in [0.15, 0.2) is 66.7 Å². The van der Waals surface area contributed by atoms with Crippen LogP contribution < -0.4 is 9.64 Å². The molecule has 0 spiro atoms. The minimum Gasteiger partial charge on any atom is -0.490 e. The van der Waals surface area contributed by atoms with Gasteiger partial charge in [0.2, 0.25) is 0 Å². The van der Waals surface area contributed by atoms with E-state index in [0.717, 1.165) is 78.3 Å². The van der Waals surface area contributed by atoms with Gasteiger partial charge in [-0.1, -0.05) is 48.9 Å². The van der Waals surface area contributed by atoms with E-state index in [1.807, 2.05) is 38.3 Å². The van der Waals surface area contributed by atoms with E-state index in [-0.39, 0.29) is 0 Å². The van der Waals surface area contributed by atoms with Crippen molar-refractivity contribution in [2.24, 2.45) is 0 Å². The van der Waals surface area contributed by atoms with Gasteiger partial charge in [0.25, 0.3) is 0 Å². The zero-order chi connectivity index (χ0) is 33.6. The largest absolute Gasteiger partial charge is 0.490 e. The fourth-order valence-corrected chi connectivity index (χ4v) is 7.10. The molecule has 0 N–H and O–H groups in total. The summed E-state index contributed by atoms with van der Waals surface area (Å²) in [5, 5.41) is 5.22. The van der Waals surface area contributed by atoms with Gasteiger partial charge < -0.3 is 19.1 Å². The molecule has 0 radical (unpaired) electrons. The maximum Gasteiger partial charge on any atom is 0.339 e. The minimum atomic E-state index is -1.02. The van der Waals surface area contributed by atoms with Gasteiger partial charge in [0.05, 0.1) is 36.3 Å². The van der Waals surface area contributed by atoms with E-state index in [9.17, 15) is 4.79 Å². The third-order valence-corrected chi connectivity index (χ3v) is 9.36. The topological polar surface area (TPSA) is 78.2 Å². The molecule has 5 aromatic rings. The highest BCUT2D eigenvalue weighted by atomic mass is 16.6. The molecule has 8 heteroatoms. The Morgan fingerprint density at radius 2 is 1.73 bits per heavy atom. The molecule has 0 unspecified atom stereocenters. The number of hydrogen-bond donors (Lipinski definition) is 0. The number of nitrogens with zero attached hydrogens (tertiary/aromatic N) is 4. The van der Waals surface area contributed by atoms with Crippen LogP contribution in [0, 0.1) is 13.8 Å². The first-order chi connectivity index (χ1) is 23.1. The van der Waals surface area contributed by atoms with Crippen molar-refractivity contribution in [2.75, 3.05) is 31.7 Å². The minimum absolute atomic E-state index is 0.482. The average molecular weight is 645 g/mol. The predicted molar refractivity (Wildman–Crippen MR) is 190 cm³/mol. The molecular weight excluding hydrogens is 600 g/mol. The van der Waals surface area contributed by atoms with Crippen molar-refractivity contribution in [2.45, 2.75) is 72.0 Å². The summed E-state index contributed by atoms with van der Waals surface area (Å²) in [6, 6.07) is 23.7. The number of aryl methyl sites for hydroxylation is 3. The maximum absolute atomic E-state index is 13.5. The van der Waals surface area contributed by atoms with E-state index in [1.165, 1.54) is 23.8 Å². The lowest BCUT2D eigenvalue weighted by Crippen LogP contribution is -2.33. The smallest absolute Gasteiger partial charge is 0.339 e. The zero-order valence-corrected chi connectivity index (χ0v) is 28.8. The molecule has 2 aliphatic heterocycles. The number of fused-ring (bicyclic) bond motifs is 8. The molecule has 0 aliphatic carbocycles. The van der Waals surface area contributed by atoms with Gasteiger partial charge in [-0.05, 0) is 94.3 Å². The Labute approximate surface area is 282 Å². The molecular formula is C40H44N4O4. The normalized spacial score (nSPS) is 15.3. The second-order valence-electron chi connectivity index (χ2n) is 13.9. The highest BCUT2D eigenvalue weighted by molar-refractivity contribution is 5.85. The molecule has 248 valence electrons. The van der Waals surface area contributed by atoms with Gasteiger partial charge in [-0.25, -0.2) is 14.3 Å². The van der Waals surface area contributed by atoms with Crippen LogP contribution in [0.1, 0.15) is 68.5 Å². The molecule has 2 aliphatic rings.